The molecular weight excluding hydrogens is 303 g/mol. The molecule has 2 atom stereocenters. The van der Waals surface area contributed by atoms with Crippen LogP contribution in [0.2, 0.25) is 10.0 Å². The van der Waals surface area contributed by atoms with Crippen molar-refractivity contribution < 1.29 is 0 Å². The molecule has 3 rings (SSSR count). The number of hydrogen-bond acceptors (Lipinski definition) is 2. The zero-order valence-electron chi connectivity index (χ0n) is 12.8. The highest BCUT2D eigenvalue weighted by Gasteiger charge is 2.38. The molecule has 2 saturated heterocycles. The first-order valence-electron chi connectivity index (χ1n) is 8.07. The highest BCUT2D eigenvalue weighted by Crippen LogP contribution is 2.42. The van der Waals surface area contributed by atoms with Gasteiger partial charge in [-0.15, -0.1) is 0 Å². The third-order valence-electron chi connectivity index (χ3n) is 4.97. The van der Waals surface area contributed by atoms with Crippen molar-refractivity contribution in [2.45, 2.75) is 64.1 Å². The molecule has 2 aliphatic heterocycles. The lowest BCUT2D eigenvalue weighted by atomic mass is 9.81. The second-order valence-corrected chi connectivity index (χ2v) is 7.24. The molecule has 21 heavy (non-hydrogen) atoms. The molecule has 1 N–H and O–H groups in total. The number of hydrogen-bond donors (Lipinski definition) is 1. The van der Waals surface area contributed by atoms with Crippen LogP contribution in [0.25, 0.3) is 0 Å². The molecule has 4 heteroatoms. The van der Waals surface area contributed by atoms with Crippen LogP contribution < -0.4 is 10.2 Å². The highest BCUT2D eigenvalue weighted by atomic mass is 35.5. The molecule has 2 aliphatic rings. The number of fused-ring (bicyclic) bond motifs is 2. The quantitative estimate of drug-likeness (QED) is 0.858. The minimum Gasteiger partial charge on any atom is -0.364 e. The summed E-state index contributed by atoms with van der Waals surface area (Å²) in [5, 5.41) is 5.30. The van der Waals surface area contributed by atoms with Crippen molar-refractivity contribution in [2.75, 3.05) is 11.4 Å². The van der Waals surface area contributed by atoms with Crippen LogP contribution in [0.5, 0.6) is 0 Å². The van der Waals surface area contributed by atoms with E-state index in [9.17, 15) is 0 Å². The summed E-state index contributed by atoms with van der Waals surface area (Å²) < 4.78 is 0. The normalized spacial score (nSPS) is 28.8. The van der Waals surface area contributed by atoms with Crippen molar-refractivity contribution in [1.82, 2.24) is 5.32 Å². The molecule has 2 heterocycles. The molecule has 1 aromatic rings. The molecular formula is C17H24Cl2N2. The van der Waals surface area contributed by atoms with Gasteiger partial charge in [-0.1, -0.05) is 30.1 Å². The SMILES string of the molecule is CCNC1CC2CCCC(C1)N2c1cc(Cl)c(C)cc1Cl. The maximum absolute atomic E-state index is 6.53. The molecule has 0 saturated carbocycles. The van der Waals surface area contributed by atoms with Gasteiger partial charge in [-0.2, -0.15) is 0 Å². The summed E-state index contributed by atoms with van der Waals surface area (Å²) in [6.45, 7) is 5.26. The van der Waals surface area contributed by atoms with Crippen molar-refractivity contribution >= 4 is 28.9 Å². The summed E-state index contributed by atoms with van der Waals surface area (Å²) in [5.74, 6) is 0. The van der Waals surface area contributed by atoms with E-state index < -0.39 is 0 Å². The van der Waals surface area contributed by atoms with Crippen molar-refractivity contribution in [1.29, 1.82) is 0 Å². The third-order valence-corrected chi connectivity index (χ3v) is 5.68. The lowest BCUT2D eigenvalue weighted by Crippen LogP contribution is -2.56. The number of halogens is 2. The molecule has 2 unspecified atom stereocenters. The fourth-order valence-corrected chi connectivity index (χ4v) is 4.54. The second kappa shape index (κ2) is 6.36. The average Bonchev–Trinajstić information content (AvgIpc) is 2.42. The van der Waals surface area contributed by atoms with Gasteiger partial charge in [-0.3, -0.25) is 0 Å². The maximum atomic E-state index is 6.53. The van der Waals surface area contributed by atoms with E-state index in [1.807, 2.05) is 13.0 Å². The van der Waals surface area contributed by atoms with Gasteiger partial charge >= 0.3 is 0 Å². The van der Waals surface area contributed by atoms with Gasteiger partial charge in [0.25, 0.3) is 0 Å². The van der Waals surface area contributed by atoms with E-state index in [4.69, 9.17) is 23.2 Å². The van der Waals surface area contributed by atoms with Gasteiger partial charge in [0.2, 0.25) is 0 Å². The minimum atomic E-state index is 0.595. The molecule has 116 valence electrons. The van der Waals surface area contributed by atoms with Crippen LogP contribution in [0.15, 0.2) is 12.1 Å². The van der Waals surface area contributed by atoms with E-state index >= 15 is 0 Å². The van der Waals surface area contributed by atoms with Gasteiger partial charge in [0, 0.05) is 23.1 Å². The van der Waals surface area contributed by atoms with E-state index in [0.29, 0.717) is 18.1 Å². The number of rotatable bonds is 3. The summed E-state index contributed by atoms with van der Waals surface area (Å²) in [6.07, 6.45) is 6.29. The van der Waals surface area contributed by atoms with Crippen molar-refractivity contribution in [3.8, 4) is 0 Å². The fourth-order valence-electron chi connectivity index (χ4n) is 4.06. The summed E-state index contributed by atoms with van der Waals surface area (Å²) in [5.41, 5.74) is 2.19. The summed E-state index contributed by atoms with van der Waals surface area (Å²) in [6, 6.07) is 5.92. The Hall–Kier alpha value is -0.440. The van der Waals surface area contributed by atoms with Crippen LogP contribution in [-0.4, -0.2) is 24.7 Å². The van der Waals surface area contributed by atoms with Crippen molar-refractivity contribution in [3.63, 3.8) is 0 Å². The lowest BCUT2D eigenvalue weighted by molar-refractivity contribution is 0.247. The van der Waals surface area contributed by atoms with Crippen molar-refractivity contribution in [2.24, 2.45) is 0 Å². The topological polar surface area (TPSA) is 15.3 Å². The smallest absolute Gasteiger partial charge is 0.0643 e. The van der Waals surface area contributed by atoms with E-state index in [-0.39, 0.29) is 0 Å². The van der Waals surface area contributed by atoms with Crippen LogP contribution in [0.4, 0.5) is 5.69 Å². The number of nitrogens with zero attached hydrogens (tertiary/aromatic N) is 1. The Morgan fingerprint density at radius 3 is 2.43 bits per heavy atom. The Kier molecular flexibility index (Phi) is 4.68. The summed E-state index contributed by atoms with van der Waals surface area (Å²) in [7, 11) is 0. The number of benzene rings is 1. The van der Waals surface area contributed by atoms with Gasteiger partial charge in [0.05, 0.1) is 10.7 Å². The first kappa shape index (κ1) is 15.5. The Bertz CT molecular complexity index is 504. The third kappa shape index (κ3) is 3.04. The van der Waals surface area contributed by atoms with Gasteiger partial charge in [0.15, 0.2) is 0 Å². The van der Waals surface area contributed by atoms with E-state index in [0.717, 1.165) is 27.8 Å². The molecule has 1 aromatic carbocycles. The number of aryl methyl sites for hydroxylation is 1. The first-order chi connectivity index (χ1) is 10.1. The predicted octanol–water partition coefficient (Wildman–Crippen LogP) is 4.80. The van der Waals surface area contributed by atoms with Crippen LogP contribution in [0.3, 0.4) is 0 Å². The number of anilines is 1. The molecule has 0 aliphatic carbocycles. The second-order valence-electron chi connectivity index (χ2n) is 6.42. The van der Waals surface area contributed by atoms with E-state index in [2.05, 4.69) is 23.2 Å². The summed E-state index contributed by atoms with van der Waals surface area (Å²) >= 11 is 12.9. The monoisotopic (exact) mass is 326 g/mol. The Labute approximate surface area is 137 Å². The average molecular weight is 327 g/mol. The number of piperidine rings is 2. The summed E-state index contributed by atoms with van der Waals surface area (Å²) in [4.78, 5) is 2.56. The van der Waals surface area contributed by atoms with Crippen LogP contribution in [0.1, 0.15) is 44.6 Å². The number of nitrogens with one attached hydrogen (secondary N) is 1. The van der Waals surface area contributed by atoms with Gasteiger partial charge in [0.1, 0.15) is 0 Å². The maximum Gasteiger partial charge on any atom is 0.0643 e. The fraction of sp³-hybridized carbons (Fsp3) is 0.647. The first-order valence-corrected chi connectivity index (χ1v) is 8.83. The van der Waals surface area contributed by atoms with Gasteiger partial charge in [-0.25, -0.2) is 0 Å². The molecule has 0 amide bonds. The Morgan fingerprint density at radius 1 is 1.14 bits per heavy atom. The van der Waals surface area contributed by atoms with Crippen LogP contribution in [-0.2, 0) is 0 Å². The van der Waals surface area contributed by atoms with E-state index in [1.165, 1.54) is 32.1 Å². The largest absolute Gasteiger partial charge is 0.364 e. The predicted molar refractivity (Wildman–Crippen MR) is 91.8 cm³/mol. The van der Waals surface area contributed by atoms with Crippen LogP contribution in [0, 0.1) is 6.92 Å². The highest BCUT2D eigenvalue weighted by molar-refractivity contribution is 6.35. The van der Waals surface area contributed by atoms with Gasteiger partial charge < -0.3 is 10.2 Å². The molecule has 2 fully saturated rings. The van der Waals surface area contributed by atoms with Gasteiger partial charge in [-0.05, 0) is 63.3 Å². The zero-order chi connectivity index (χ0) is 15.0. The molecule has 0 aromatic heterocycles. The molecule has 2 bridgehead atoms. The Morgan fingerprint density at radius 2 is 1.81 bits per heavy atom. The standard InChI is InChI=1S/C17H24Cl2N2/c1-3-20-12-8-13-5-4-6-14(9-12)21(13)17-10-15(18)11(2)7-16(17)19/h7,10,12-14,20H,3-6,8-9H2,1-2H3. The van der Waals surface area contributed by atoms with Crippen LogP contribution >= 0.6 is 23.2 Å². The lowest BCUT2D eigenvalue weighted by Gasteiger charge is -2.50. The van der Waals surface area contributed by atoms with E-state index in [1.54, 1.807) is 0 Å². The molecule has 0 radical (unpaired) electrons. The minimum absolute atomic E-state index is 0.595. The van der Waals surface area contributed by atoms with Crippen molar-refractivity contribution in [3.05, 3.63) is 27.7 Å². The Balaban J connectivity index is 1.90. The molecule has 2 nitrogen and oxygen atoms in total. The zero-order valence-corrected chi connectivity index (χ0v) is 14.3. The molecule has 0 spiro atoms.